The Morgan fingerprint density at radius 2 is 1.89 bits per heavy atom. The molecule has 2 aromatic carbocycles. The van der Waals surface area contributed by atoms with E-state index in [2.05, 4.69) is 45.5 Å². The number of benzene rings is 2. The maximum Gasteiger partial charge on any atom is 0.246 e. The second kappa shape index (κ2) is 7.37. The minimum absolute atomic E-state index is 0.0748. The molecule has 0 spiro atoms. The summed E-state index contributed by atoms with van der Waals surface area (Å²) in [4.78, 5) is 8.56. The standard InChI is InChI=1S/C21H19N7/c1-15-12-27(13-23-15)20-9-8-19(10-18(20)11-22)25-21-24-14-28(26-21)16(2)17-6-4-3-5-7-17/h3-10,12-14,16H,1-2H3,(H,25,26). The lowest BCUT2D eigenvalue weighted by Crippen LogP contribution is -2.07. The molecule has 0 saturated heterocycles. The highest BCUT2D eigenvalue weighted by atomic mass is 15.4. The van der Waals surface area contributed by atoms with E-state index < -0.39 is 0 Å². The van der Waals surface area contributed by atoms with Crippen molar-refractivity contribution in [3.05, 3.63) is 84.2 Å². The Labute approximate surface area is 162 Å². The number of anilines is 2. The van der Waals surface area contributed by atoms with E-state index in [4.69, 9.17) is 0 Å². The van der Waals surface area contributed by atoms with Gasteiger partial charge in [-0.1, -0.05) is 30.3 Å². The summed E-state index contributed by atoms with van der Waals surface area (Å²) >= 11 is 0. The van der Waals surface area contributed by atoms with Gasteiger partial charge >= 0.3 is 0 Å². The van der Waals surface area contributed by atoms with Gasteiger partial charge in [0.15, 0.2) is 0 Å². The van der Waals surface area contributed by atoms with Crippen LogP contribution in [0.2, 0.25) is 0 Å². The molecule has 7 heteroatoms. The van der Waals surface area contributed by atoms with E-state index in [0.29, 0.717) is 11.5 Å². The van der Waals surface area contributed by atoms with Crippen LogP contribution in [0.1, 0.15) is 29.8 Å². The van der Waals surface area contributed by atoms with Gasteiger partial charge in [-0.15, -0.1) is 5.10 Å². The van der Waals surface area contributed by atoms with Gasteiger partial charge in [0.1, 0.15) is 12.4 Å². The number of rotatable bonds is 5. The van der Waals surface area contributed by atoms with Crippen LogP contribution in [0.25, 0.3) is 5.69 Å². The molecule has 0 radical (unpaired) electrons. The van der Waals surface area contributed by atoms with Gasteiger partial charge in [0.25, 0.3) is 0 Å². The van der Waals surface area contributed by atoms with Crippen LogP contribution in [0.15, 0.2) is 67.4 Å². The molecule has 0 fully saturated rings. The first-order chi connectivity index (χ1) is 13.6. The molecular weight excluding hydrogens is 350 g/mol. The Balaban J connectivity index is 1.55. The van der Waals surface area contributed by atoms with Gasteiger partial charge in [0.05, 0.1) is 29.3 Å². The molecule has 0 aliphatic rings. The van der Waals surface area contributed by atoms with Crippen molar-refractivity contribution in [3.63, 3.8) is 0 Å². The van der Waals surface area contributed by atoms with Gasteiger partial charge in [0.2, 0.25) is 5.95 Å². The van der Waals surface area contributed by atoms with Gasteiger partial charge in [-0.2, -0.15) is 5.26 Å². The van der Waals surface area contributed by atoms with Gasteiger partial charge in [-0.25, -0.2) is 14.6 Å². The third-order valence-electron chi connectivity index (χ3n) is 4.55. The average Bonchev–Trinajstić information content (AvgIpc) is 3.37. The Kier molecular flexibility index (Phi) is 4.60. The Morgan fingerprint density at radius 3 is 2.61 bits per heavy atom. The number of aryl methyl sites for hydroxylation is 1. The van der Waals surface area contributed by atoms with E-state index in [0.717, 1.165) is 22.6 Å². The number of nitrogens with one attached hydrogen (secondary N) is 1. The SMILES string of the molecule is Cc1cn(-c2ccc(Nc3ncn(C(C)c4ccccc4)n3)cc2C#N)cn1. The van der Waals surface area contributed by atoms with Crippen molar-refractivity contribution in [2.45, 2.75) is 19.9 Å². The minimum atomic E-state index is 0.0748. The maximum absolute atomic E-state index is 9.53. The fraction of sp³-hybridized carbons (Fsp3) is 0.143. The molecule has 1 unspecified atom stereocenters. The predicted octanol–water partition coefficient (Wildman–Crippen LogP) is 4.00. The van der Waals surface area contributed by atoms with E-state index in [9.17, 15) is 5.26 Å². The molecule has 0 amide bonds. The van der Waals surface area contributed by atoms with Crippen LogP contribution in [0.5, 0.6) is 0 Å². The van der Waals surface area contributed by atoms with Crippen LogP contribution in [-0.4, -0.2) is 24.3 Å². The lowest BCUT2D eigenvalue weighted by Gasteiger charge is -2.11. The first-order valence-electron chi connectivity index (χ1n) is 8.92. The number of hydrogen-bond acceptors (Lipinski definition) is 5. The molecule has 0 aliphatic heterocycles. The number of nitriles is 1. The van der Waals surface area contributed by atoms with Crippen molar-refractivity contribution in [2.75, 3.05) is 5.32 Å². The second-order valence-corrected chi connectivity index (χ2v) is 6.53. The number of imidazole rings is 1. The van der Waals surface area contributed by atoms with E-state index in [1.807, 2.05) is 52.7 Å². The van der Waals surface area contributed by atoms with E-state index in [1.54, 1.807) is 18.7 Å². The Morgan fingerprint density at radius 1 is 1.07 bits per heavy atom. The average molecular weight is 369 g/mol. The predicted molar refractivity (Wildman–Crippen MR) is 107 cm³/mol. The molecule has 1 atom stereocenters. The van der Waals surface area contributed by atoms with Gasteiger partial charge in [0, 0.05) is 11.9 Å². The molecule has 2 heterocycles. The molecule has 4 aromatic rings. The summed E-state index contributed by atoms with van der Waals surface area (Å²) in [7, 11) is 0. The minimum Gasteiger partial charge on any atom is -0.323 e. The highest BCUT2D eigenvalue weighted by Crippen LogP contribution is 2.22. The summed E-state index contributed by atoms with van der Waals surface area (Å²) in [6.07, 6.45) is 5.29. The summed E-state index contributed by atoms with van der Waals surface area (Å²) in [5.74, 6) is 0.484. The molecule has 7 nitrogen and oxygen atoms in total. The van der Waals surface area contributed by atoms with Crippen LogP contribution in [0.3, 0.4) is 0 Å². The van der Waals surface area contributed by atoms with E-state index in [-0.39, 0.29) is 6.04 Å². The van der Waals surface area contributed by atoms with E-state index >= 15 is 0 Å². The topological polar surface area (TPSA) is 84.4 Å². The Hall–Kier alpha value is -3.92. The molecule has 28 heavy (non-hydrogen) atoms. The monoisotopic (exact) mass is 369 g/mol. The largest absolute Gasteiger partial charge is 0.323 e. The van der Waals surface area contributed by atoms with Crippen LogP contribution in [0.4, 0.5) is 11.6 Å². The van der Waals surface area contributed by atoms with E-state index in [1.165, 1.54) is 0 Å². The zero-order chi connectivity index (χ0) is 19.5. The highest BCUT2D eigenvalue weighted by molar-refractivity contribution is 5.62. The molecular formula is C21H19N7. The molecule has 1 N–H and O–H groups in total. The number of nitrogens with zero attached hydrogens (tertiary/aromatic N) is 6. The zero-order valence-corrected chi connectivity index (χ0v) is 15.6. The first kappa shape index (κ1) is 17.5. The zero-order valence-electron chi connectivity index (χ0n) is 15.6. The van der Waals surface area contributed by atoms with Gasteiger partial charge in [-0.3, -0.25) is 0 Å². The van der Waals surface area contributed by atoms with Gasteiger partial charge < -0.3 is 9.88 Å². The molecule has 4 rings (SSSR count). The lowest BCUT2D eigenvalue weighted by atomic mass is 10.1. The fourth-order valence-electron chi connectivity index (χ4n) is 3.01. The summed E-state index contributed by atoms with van der Waals surface area (Å²) < 4.78 is 3.65. The molecule has 0 saturated carbocycles. The van der Waals surface area contributed by atoms with Gasteiger partial charge in [-0.05, 0) is 37.6 Å². The maximum atomic E-state index is 9.53. The summed E-state index contributed by atoms with van der Waals surface area (Å²) in [5.41, 5.74) is 4.13. The number of aromatic nitrogens is 5. The van der Waals surface area contributed by atoms with Crippen molar-refractivity contribution >= 4 is 11.6 Å². The summed E-state index contributed by atoms with van der Waals surface area (Å²) in [6.45, 7) is 3.99. The fourth-order valence-corrected chi connectivity index (χ4v) is 3.01. The van der Waals surface area contributed by atoms with Crippen LogP contribution in [0, 0.1) is 18.3 Å². The molecule has 2 aromatic heterocycles. The van der Waals surface area contributed by atoms with Crippen molar-refractivity contribution in [1.29, 1.82) is 5.26 Å². The molecule has 0 bridgehead atoms. The van der Waals surface area contributed by atoms with Crippen molar-refractivity contribution in [1.82, 2.24) is 24.3 Å². The summed E-state index contributed by atoms with van der Waals surface area (Å²) in [5, 5.41) is 17.2. The van der Waals surface area contributed by atoms with Crippen molar-refractivity contribution < 1.29 is 0 Å². The van der Waals surface area contributed by atoms with Crippen LogP contribution < -0.4 is 5.32 Å². The van der Waals surface area contributed by atoms with Crippen LogP contribution >= 0.6 is 0 Å². The molecule has 0 aliphatic carbocycles. The second-order valence-electron chi connectivity index (χ2n) is 6.53. The highest BCUT2D eigenvalue weighted by Gasteiger charge is 2.11. The first-order valence-corrected chi connectivity index (χ1v) is 8.92. The van der Waals surface area contributed by atoms with Crippen LogP contribution in [-0.2, 0) is 0 Å². The quantitative estimate of drug-likeness (QED) is 0.575. The normalized spacial score (nSPS) is 11.8. The third-order valence-corrected chi connectivity index (χ3v) is 4.55. The smallest absolute Gasteiger partial charge is 0.246 e. The number of hydrogen-bond donors (Lipinski definition) is 1. The van der Waals surface area contributed by atoms with Crippen molar-refractivity contribution in [2.24, 2.45) is 0 Å². The lowest BCUT2D eigenvalue weighted by molar-refractivity contribution is 0.564. The third kappa shape index (κ3) is 3.48. The summed E-state index contributed by atoms with van der Waals surface area (Å²) in [6, 6.07) is 18.0. The Bertz CT molecular complexity index is 1140. The molecule has 138 valence electrons. The van der Waals surface area contributed by atoms with Crippen molar-refractivity contribution in [3.8, 4) is 11.8 Å².